The largest absolute Gasteiger partial charge is 0.347 e. The zero-order valence-electron chi connectivity index (χ0n) is 13.3. The number of benzene rings is 1. The van der Waals surface area contributed by atoms with E-state index in [1.165, 1.54) is 31.2 Å². The molecule has 1 aromatic rings. The maximum absolute atomic E-state index is 12.1. The third-order valence-corrected chi connectivity index (χ3v) is 4.63. The Morgan fingerprint density at radius 3 is 1.86 bits per heavy atom. The van der Waals surface area contributed by atoms with Crippen molar-refractivity contribution in [1.29, 1.82) is 0 Å². The van der Waals surface area contributed by atoms with Crippen LogP contribution in [-0.2, 0) is 10.0 Å². The lowest BCUT2D eigenvalue weighted by Crippen LogP contribution is -2.42. The molecule has 0 bridgehead atoms. The molecular formula is C15H22N2O4S. The molecule has 0 aliphatic carbocycles. The zero-order chi connectivity index (χ0) is 17.0. The van der Waals surface area contributed by atoms with E-state index < -0.39 is 15.9 Å². The minimum atomic E-state index is -3.60. The standard InChI is InChI=1S/C15H22N2O4S/c1-5-15(3,4)16-13(18)11-7-9-12(10-8-11)14(19)17-22(20,21)6-2/h7-10H,5-6H2,1-4H3,(H,16,18)(H,17,19). The first-order chi connectivity index (χ1) is 10.1. The van der Waals surface area contributed by atoms with E-state index >= 15 is 0 Å². The van der Waals surface area contributed by atoms with E-state index in [4.69, 9.17) is 0 Å². The second-order valence-electron chi connectivity index (χ2n) is 5.60. The van der Waals surface area contributed by atoms with Gasteiger partial charge in [-0.2, -0.15) is 0 Å². The minimum Gasteiger partial charge on any atom is -0.347 e. The monoisotopic (exact) mass is 326 g/mol. The summed E-state index contributed by atoms with van der Waals surface area (Å²) in [6, 6.07) is 5.84. The fraction of sp³-hybridized carbons (Fsp3) is 0.467. The molecule has 0 aliphatic heterocycles. The fourth-order valence-electron chi connectivity index (χ4n) is 1.51. The molecule has 0 aromatic heterocycles. The average Bonchev–Trinajstić information content (AvgIpc) is 2.46. The van der Waals surface area contributed by atoms with Crippen LogP contribution < -0.4 is 10.0 Å². The van der Waals surface area contributed by atoms with Gasteiger partial charge in [0.05, 0.1) is 5.75 Å². The predicted molar refractivity (Wildman–Crippen MR) is 85.2 cm³/mol. The van der Waals surface area contributed by atoms with E-state index in [1.807, 2.05) is 25.5 Å². The lowest BCUT2D eigenvalue weighted by Gasteiger charge is -2.24. The van der Waals surface area contributed by atoms with Gasteiger partial charge in [0.1, 0.15) is 0 Å². The summed E-state index contributed by atoms with van der Waals surface area (Å²) in [6.07, 6.45) is 0.786. The van der Waals surface area contributed by atoms with Gasteiger partial charge >= 0.3 is 0 Å². The topological polar surface area (TPSA) is 92.3 Å². The van der Waals surface area contributed by atoms with E-state index in [2.05, 4.69) is 5.32 Å². The normalized spacial score (nSPS) is 11.8. The maximum Gasteiger partial charge on any atom is 0.264 e. The SMILES string of the molecule is CCC(C)(C)NC(=O)c1ccc(C(=O)NS(=O)(=O)CC)cc1. The molecule has 0 spiro atoms. The first-order valence-electron chi connectivity index (χ1n) is 7.07. The van der Waals surface area contributed by atoms with Crippen LogP contribution in [0.3, 0.4) is 0 Å². The quantitative estimate of drug-likeness (QED) is 0.832. The summed E-state index contributed by atoms with van der Waals surface area (Å²) in [6.45, 7) is 7.26. The molecule has 0 aliphatic rings. The number of rotatable bonds is 6. The van der Waals surface area contributed by atoms with E-state index in [-0.39, 0.29) is 22.8 Å². The number of sulfonamides is 1. The van der Waals surface area contributed by atoms with Crippen molar-refractivity contribution in [2.24, 2.45) is 0 Å². The number of carbonyl (C=O) groups excluding carboxylic acids is 2. The molecule has 1 aromatic carbocycles. The molecule has 0 unspecified atom stereocenters. The molecular weight excluding hydrogens is 304 g/mol. The van der Waals surface area contributed by atoms with Crippen LogP contribution in [-0.4, -0.2) is 31.5 Å². The molecule has 2 N–H and O–H groups in total. The Kier molecular flexibility index (Phi) is 5.71. The third kappa shape index (κ3) is 5.14. The number of hydrogen-bond donors (Lipinski definition) is 2. The number of hydrogen-bond acceptors (Lipinski definition) is 4. The van der Waals surface area contributed by atoms with Crippen LogP contribution >= 0.6 is 0 Å². The Balaban J connectivity index is 2.83. The molecule has 0 fully saturated rings. The Hall–Kier alpha value is -1.89. The number of nitrogens with one attached hydrogen (secondary N) is 2. The highest BCUT2D eigenvalue weighted by atomic mass is 32.2. The second kappa shape index (κ2) is 6.91. The molecule has 0 heterocycles. The molecule has 2 amide bonds. The van der Waals surface area contributed by atoms with E-state index in [0.717, 1.165) is 6.42 Å². The van der Waals surface area contributed by atoms with Gasteiger partial charge < -0.3 is 5.32 Å². The molecule has 1 rings (SSSR count). The molecule has 122 valence electrons. The van der Waals surface area contributed by atoms with Crippen molar-refractivity contribution in [3.63, 3.8) is 0 Å². The molecule has 0 saturated heterocycles. The highest BCUT2D eigenvalue weighted by Gasteiger charge is 2.19. The molecule has 7 heteroatoms. The van der Waals surface area contributed by atoms with Crippen molar-refractivity contribution in [1.82, 2.24) is 10.0 Å². The van der Waals surface area contributed by atoms with Crippen molar-refractivity contribution in [3.8, 4) is 0 Å². The summed E-state index contributed by atoms with van der Waals surface area (Å²) in [5, 5.41) is 2.88. The van der Waals surface area contributed by atoms with Gasteiger partial charge in [0, 0.05) is 16.7 Å². The summed E-state index contributed by atoms with van der Waals surface area (Å²) < 4.78 is 24.7. The van der Waals surface area contributed by atoms with Gasteiger partial charge in [-0.3, -0.25) is 9.59 Å². The molecule has 6 nitrogen and oxygen atoms in total. The van der Waals surface area contributed by atoms with Crippen LogP contribution in [0.2, 0.25) is 0 Å². The summed E-state index contributed by atoms with van der Waals surface area (Å²) in [5.74, 6) is -1.12. The molecule has 0 radical (unpaired) electrons. The van der Waals surface area contributed by atoms with Gasteiger partial charge in [-0.15, -0.1) is 0 Å². The summed E-state index contributed by atoms with van der Waals surface area (Å²) >= 11 is 0. The van der Waals surface area contributed by atoms with Crippen LogP contribution in [0.4, 0.5) is 0 Å². The zero-order valence-corrected chi connectivity index (χ0v) is 14.1. The summed E-state index contributed by atoms with van der Waals surface area (Å²) in [5.41, 5.74) is 0.280. The summed E-state index contributed by atoms with van der Waals surface area (Å²) in [7, 11) is -3.60. The highest BCUT2D eigenvalue weighted by molar-refractivity contribution is 7.90. The minimum absolute atomic E-state index is 0.175. The Morgan fingerprint density at radius 1 is 1.00 bits per heavy atom. The third-order valence-electron chi connectivity index (χ3n) is 3.37. The smallest absolute Gasteiger partial charge is 0.264 e. The number of carbonyl (C=O) groups is 2. The Labute approximate surface area is 131 Å². The van der Waals surface area contributed by atoms with Gasteiger partial charge in [0.15, 0.2) is 0 Å². The first kappa shape index (κ1) is 18.2. The van der Waals surface area contributed by atoms with Crippen molar-refractivity contribution in [3.05, 3.63) is 35.4 Å². The lowest BCUT2D eigenvalue weighted by molar-refractivity contribution is 0.0909. The van der Waals surface area contributed by atoms with Crippen molar-refractivity contribution in [2.75, 3.05) is 5.75 Å². The van der Waals surface area contributed by atoms with Gasteiger partial charge in [-0.1, -0.05) is 6.92 Å². The van der Waals surface area contributed by atoms with Crippen molar-refractivity contribution >= 4 is 21.8 Å². The van der Waals surface area contributed by atoms with Crippen LogP contribution in [0.5, 0.6) is 0 Å². The second-order valence-corrected chi connectivity index (χ2v) is 7.61. The fourth-order valence-corrected chi connectivity index (χ4v) is 2.06. The average molecular weight is 326 g/mol. The van der Waals surface area contributed by atoms with E-state index in [1.54, 1.807) is 0 Å². The lowest BCUT2D eigenvalue weighted by atomic mass is 10.0. The Bertz CT molecular complexity index is 649. The van der Waals surface area contributed by atoms with Crippen LogP contribution in [0.25, 0.3) is 0 Å². The first-order valence-corrected chi connectivity index (χ1v) is 8.73. The van der Waals surface area contributed by atoms with Crippen LogP contribution in [0.1, 0.15) is 54.8 Å². The van der Waals surface area contributed by atoms with Crippen molar-refractivity contribution < 1.29 is 18.0 Å². The van der Waals surface area contributed by atoms with Crippen molar-refractivity contribution in [2.45, 2.75) is 39.7 Å². The van der Waals surface area contributed by atoms with Gasteiger partial charge in [-0.25, -0.2) is 13.1 Å². The van der Waals surface area contributed by atoms with Crippen LogP contribution in [0.15, 0.2) is 24.3 Å². The highest BCUT2D eigenvalue weighted by Crippen LogP contribution is 2.10. The van der Waals surface area contributed by atoms with Gasteiger partial charge in [0.25, 0.3) is 11.8 Å². The van der Waals surface area contributed by atoms with E-state index in [9.17, 15) is 18.0 Å². The maximum atomic E-state index is 12.1. The van der Waals surface area contributed by atoms with Gasteiger partial charge in [-0.05, 0) is 51.5 Å². The molecule has 0 saturated carbocycles. The molecule has 0 atom stereocenters. The summed E-state index contributed by atoms with van der Waals surface area (Å²) in [4.78, 5) is 23.9. The Morgan fingerprint density at radius 2 is 1.45 bits per heavy atom. The molecule has 22 heavy (non-hydrogen) atoms. The van der Waals surface area contributed by atoms with Crippen LogP contribution in [0, 0.1) is 0 Å². The van der Waals surface area contributed by atoms with E-state index in [0.29, 0.717) is 5.56 Å². The number of amides is 2. The predicted octanol–water partition coefficient (Wildman–Crippen LogP) is 1.68. The van der Waals surface area contributed by atoms with Gasteiger partial charge in [0.2, 0.25) is 10.0 Å².